The van der Waals surface area contributed by atoms with E-state index >= 15 is 0 Å². The van der Waals surface area contributed by atoms with Gasteiger partial charge in [0.1, 0.15) is 0 Å². The molecule has 0 aliphatic carbocycles. The largest absolute Gasteiger partial charge is 0.481 e. The highest BCUT2D eigenvalue weighted by Gasteiger charge is 2.31. The molecule has 0 unspecified atom stereocenters. The second-order valence-electron chi connectivity index (χ2n) is 6.87. The summed E-state index contributed by atoms with van der Waals surface area (Å²) in [6.45, 7) is 5.78. The van der Waals surface area contributed by atoms with Gasteiger partial charge in [-0.05, 0) is 56.2 Å². The number of carboxylic acid groups (broad SMARTS) is 1. The zero-order chi connectivity index (χ0) is 20.0. The van der Waals surface area contributed by atoms with Crippen molar-refractivity contribution >= 4 is 23.5 Å². The number of benzene rings is 2. The molecule has 142 valence electrons. The summed E-state index contributed by atoms with van der Waals surface area (Å²) < 4.78 is 0. The van der Waals surface area contributed by atoms with Crippen LogP contribution in [0.25, 0.3) is 0 Å². The van der Waals surface area contributed by atoms with Gasteiger partial charge in [-0.3, -0.25) is 14.4 Å². The van der Waals surface area contributed by atoms with Gasteiger partial charge in [-0.15, -0.1) is 0 Å². The standard InChI is InChI=1S/C21H24N2O4/c1-14-6-4-5-7-17(14)21(2,3)20(27)23-16-10-8-15(9-11-16)19(26)22-13-12-18(24)25/h4-11H,12-13H2,1-3H3,(H,22,26)(H,23,27)(H,24,25). The second-order valence-corrected chi connectivity index (χ2v) is 6.87. The minimum atomic E-state index is -0.968. The monoisotopic (exact) mass is 368 g/mol. The number of hydrogen-bond acceptors (Lipinski definition) is 3. The molecule has 0 saturated heterocycles. The molecule has 0 aromatic heterocycles. The third-order valence-electron chi connectivity index (χ3n) is 4.42. The number of carboxylic acids is 1. The van der Waals surface area contributed by atoms with Crippen molar-refractivity contribution in [3.8, 4) is 0 Å². The highest BCUT2D eigenvalue weighted by Crippen LogP contribution is 2.27. The van der Waals surface area contributed by atoms with Crippen molar-refractivity contribution < 1.29 is 19.5 Å². The van der Waals surface area contributed by atoms with Crippen molar-refractivity contribution in [1.82, 2.24) is 5.32 Å². The minimum absolute atomic E-state index is 0.0667. The van der Waals surface area contributed by atoms with Crippen LogP contribution in [-0.2, 0) is 15.0 Å². The fraction of sp³-hybridized carbons (Fsp3) is 0.286. The van der Waals surface area contributed by atoms with E-state index in [-0.39, 0.29) is 24.8 Å². The molecule has 0 fully saturated rings. The van der Waals surface area contributed by atoms with Gasteiger partial charge in [0, 0.05) is 17.8 Å². The number of aliphatic carboxylic acids is 1. The Bertz CT molecular complexity index is 842. The van der Waals surface area contributed by atoms with Crippen LogP contribution in [-0.4, -0.2) is 29.4 Å². The molecule has 2 rings (SSSR count). The Kier molecular flexibility index (Phi) is 6.34. The van der Waals surface area contributed by atoms with Gasteiger partial charge in [0.2, 0.25) is 5.91 Å². The average molecular weight is 368 g/mol. The van der Waals surface area contributed by atoms with Crippen molar-refractivity contribution in [2.75, 3.05) is 11.9 Å². The first-order valence-corrected chi connectivity index (χ1v) is 8.69. The SMILES string of the molecule is Cc1ccccc1C(C)(C)C(=O)Nc1ccc(C(=O)NCCC(=O)O)cc1. The Balaban J connectivity index is 2.03. The van der Waals surface area contributed by atoms with Gasteiger partial charge >= 0.3 is 5.97 Å². The van der Waals surface area contributed by atoms with Crippen molar-refractivity contribution in [3.63, 3.8) is 0 Å². The molecule has 0 aliphatic heterocycles. The molecule has 0 heterocycles. The summed E-state index contributed by atoms with van der Waals surface area (Å²) in [5, 5.41) is 14.0. The van der Waals surface area contributed by atoms with Crippen LogP contribution < -0.4 is 10.6 Å². The molecule has 2 aromatic carbocycles. The quantitative estimate of drug-likeness (QED) is 0.700. The normalized spacial score (nSPS) is 10.9. The van der Waals surface area contributed by atoms with Crippen molar-refractivity contribution in [2.45, 2.75) is 32.6 Å². The van der Waals surface area contributed by atoms with E-state index < -0.39 is 11.4 Å². The lowest BCUT2D eigenvalue weighted by molar-refractivity contribution is -0.136. The Morgan fingerprint density at radius 3 is 2.22 bits per heavy atom. The molecule has 6 nitrogen and oxygen atoms in total. The van der Waals surface area contributed by atoms with E-state index in [4.69, 9.17) is 5.11 Å². The third-order valence-corrected chi connectivity index (χ3v) is 4.42. The minimum Gasteiger partial charge on any atom is -0.481 e. The Labute approximate surface area is 158 Å². The van der Waals surface area contributed by atoms with Crippen LogP contribution in [0, 0.1) is 6.92 Å². The molecule has 0 bridgehead atoms. The maximum absolute atomic E-state index is 12.8. The van der Waals surface area contributed by atoms with Crippen LogP contribution >= 0.6 is 0 Å². The van der Waals surface area contributed by atoms with Crippen LogP contribution in [0.3, 0.4) is 0 Å². The van der Waals surface area contributed by atoms with Gasteiger partial charge < -0.3 is 15.7 Å². The Morgan fingerprint density at radius 2 is 1.63 bits per heavy atom. The number of amides is 2. The summed E-state index contributed by atoms with van der Waals surface area (Å²) in [4.78, 5) is 35.2. The molecular weight excluding hydrogens is 344 g/mol. The van der Waals surface area contributed by atoms with Gasteiger partial charge in [0.05, 0.1) is 11.8 Å². The zero-order valence-corrected chi connectivity index (χ0v) is 15.7. The molecule has 3 N–H and O–H groups in total. The molecule has 2 aromatic rings. The highest BCUT2D eigenvalue weighted by atomic mass is 16.4. The summed E-state index contributed by atoms with van der Waals surface area (Å²) in [6, 6.07) is 14.2. The van der Waals surface area contributed by atoms with E-state index in [1.54, 1.807) is 24.3 Å². The molecule has 0 spiro atoms. The van der Waals surface area contributed by atoms with E-state index in [1.165, 1.54) is 0 Å². The lowest BCUT2D eigenvalue weighted by Gasteiger charge is -2.26. The average Bonchev–Trinajstić information content (AvgIpc) is 2.62. The predicted molar refractivity (Wildman–Crippen MR) is 104 cm³/mol. The van der Waals surface area contributed by atoms with E-state index in [2.05, 4.69) is 10.6 Å². The van der Waals surface area contributed by atoms with Crippen molar-refractivity contribution in [1.29, 1.82) is 0 Å². The molecule has 2 amide bonds. The Morgan fingerprint density at radius 1 is 1.00 bits per heavy atom. The third kappa shape index (κ3) is 5.17. The van der Waals surface area contributed by atoms with Gasteiger partial charge in [0.15, 0.2) is 0 Å². The summed E-state index contributed by atoms with van der Waals surface area (Å²) >= 11 is 0. The number of hydrogen-bond donors (Lipinski definition) is 3. The van der Waals surface area contributed by atoms with Crippen LogP contribution in [0.15, 0.2) is 48.5 Å². The first kappa shape index (κ1) is 20.2. The number of aryl methyl sites for hydroxylation is 1. The molecule has 0 radical (unpaired) electrons. The van der Waals surface area contributed by atoms with Gasteiger partial charge in [-0.1, -0.05) is 24.3 Å². The first-order valence-electron chi connectivity index (χ1n) is 8.69. The first-order chi connectivity index (χ1) is 12.7. The topological polar surface area (TPSA) is 95.5 Å². The van der Waals surface area contributed by atoms with Crippen molar-refractivity contribution in [3.05, 3.63) is 65.2 Å². The number of carbonyl (C=O) groups excluding carboxylic acids is 2. The molecule has 0 aliphatic rings. The predicted octanol–water partition coefficient (Wildman–Crippen LogP) is 3.12. The fourth-order valence-corrected chi connectivity index (χ4v) is 2.77. The fourth-order valence-electron chi connectivity index (χ4n) is 2.77. The van der Waals surface area contributed by atoms with Gasteiger partial charge in [0.25, 0.3) is 5.91 Å². The molecular formula is C21H24N2O4. The van der Waals surface area contributed by atoms with Gasteiger partial charge in [-0.2, -0.15) is 0 Å². The van der Waals surface area contributed by atoms with Crippen LogP contribution in [0.4, 0.5) is 5.69 Å². The number of nitrogens with one attached hydrogen (secondary N) is 2. The molecule has 0 atom stereocenters. The maximum atomic E-state index is 12.8. The molecule has 27 heavy (non-hydrogen) atoms. The number of rotatable bonds is 7. The summed E-state index contributed by atoms with van der Waals surface area (Å²) in [5.41, 5.74) is 2.28. The van der Waals surface area contributed by atoms with Crippen LogP contribution in [0.1, 0.15) is 41.8 Å². The summed E-state index contributed by atoms with van der Waals surface area (Å²) in [6.07, 6.45) is -0.131. The van der Waals surface area contributed by atoms with E-state index in [1.807, 2.05) is 45.0 Å². The lowest BCUT2D eigenvalue weighted by atomic mass is 9.81. The van der Waals surface area contributed by atoms with E-state index in [0.717, 1.165) is 11.1 Å². The number of carbonyl (C=O) groups is 3. The van der Waals surface area contributed by atoms with Crippen molar-refractivity contribution in [2.24, 2.45) is 0 Å². The van der Waals surface area contributed by atoms with E-state index in [9.17, 15) is 14.4 Å². The second kappa shape index (κ2) is 8.49. The summed E-state index contributed by atoms with van der Waals surface area (Å²) in [5.74, 6) is -1.46. The zero-order valence-electron chi connectivity index (χ0n) is 15.7. The smallest absolute Gasteiger partial charge is 0.305 e. The van der Waals surface area contributed by atoms with Gasteiger partial charge in [-0.25, -0.2) is 0 Å². The van der Waals surface area contributed by atoms with Crippen LogP contribution in [0.2, 0.25) is 0 Å². The maximum Gasteiger partial charge on any atom is 0.305 e. The Hall–Kier alpha value is -3.15. The molecule has 6 heteroatoms. The van der Waals surface area contributed by atoms with Crippen LogP contribution in [0.5, 0.6) is 0 Å². The van der Waals surface area contributed by atoms with E-state index in [0.29, 0.717) is 11.3 Å². The summed E-state index contributed by atoms with van der Waals surface area (Å²) in [7, 11) is 0. The highest BCUT2D eigenvalue weighted by molar-refractivity contribution is 5.99. The lowest BCUT2D eigenvalue weighted by Crippen LogP contribution is -2.35. The number of anilines is 1. The molecule has 0 saturated carbocycles.